The Bertz CT molecular complexity index is 559. The fourth-order valence-corrected chi connectivity index (χ4v) is 2.44. The van der Waals surface area contributed by atoms with Crippen molar-refractivity contribution in [3.63, 3.8) is 0 Å². The number of carboxylic acids is 1. The molecule has 20 heavy (non-hydrogen) atoms. The molecule has 0 radical (unpaired) electrons. The van der Waals surface area contributed by atoms with Gasteiger partial charge in [-0.05, 0) is 25.0 Å². The van der Waals surface area contributed by atoms with E-state index in [0.717, 1.165) is 6.26 Å². The van der Waals surface area contributed by atoms with Gasteiger partial charge >= 0.3 is 5.97 Å². The minimum atomic E-state index is -3.47. The zero-order valence-electron chi connectivity index (χ0n) is 11.4. The molecule has 0 aromatic carbocycles. The van der Waals surface area contributed by atoms with Crippen LogP contribution in [0.1, 0.15) is 12.8 Å². The Labute approximate surface area is 117 Å². The molecule has 0 aliphatic carbocycles. The molecule has 0 aliphatic rings. The minimum Gasteiger partial charge on any atom is -0.480 e. The molecule has 112 valence electrons. The summed E-state index contributed by atoms with van der Waals surface area (Å²) in [7, 11) is -1.94. The van der Waals surface area contributed by atoms with Crippen LogP contribution in [0.15, 0.2) is 23.2 Å². The number of rotatable bonds is 8. The predicted molar refractivity (Wildman–Crippen MR) is 73.5 cm³/mol. The largest absolute Gasteiger partial charge is 0.480 e. The number of carbonyl (C=O) groups is 1. The number of carboxylic acid groups (broad SMARTS) is 1. The Morgan fingerprint density at radius 1 is 1.55 bits per heavy atom. The van der Waals surface area contributed by atoms with Gasteiger partial charge in [0.25, 0.3) is 0 Å². The van der Waals surface area contributed by atoms with Crippen LogP contribution in [0, 0.1) is 0 Å². The minimum absolute atomic E-state index is 0.0157. The van der Waals surface area contributed by atoms with E-state index in [1.54, 1.807) is 0 Å². The maximum atomic E-state index is 11.6. The third-order valence-electron chi connectivity index (χ3n) is 2.62. The van der Waals surface area contributed by atoms with Gasteiger partial charge < -0.3 is 15.2 Å². The molecule has 0 amide bonds. The number of hydrogen-bond acceptors (Lipinski definition) is 6. The van der Waals surface area contributed by atoms with E-state index >= 15 is 0 Å². The van der Waals surface area contributed by atoms with Gasteiger partial charge in [0.2, 0.25) is 0 Å². The maximum absolute atomic E-state index is 11.6. The molecule has 0 bridgehead atoms. The van der Waals surface area contributed by atoms with Crippen LogP contribution in [0.5, 0.6) is 0 Å². The molecule has 0 spiro atoms. The van der Waals surface area contributed by atoms with Crippen LogP contribution in [0.3, 0.4) is 0 Å². The van der Waals surface area contributed by atoms with Gasteiger partial charge in [-0.2, -0.15) is 0 Å². The summed E-state index contributed by atoms with van der Waals surface area (Å²) in [6, 6.07) is 1.96. The standard InChI is InChI=1S/C12H18N2O5S/c1-19-8-4-5-9(12(15)16)14-11-10(20(2,17)18)6-3-7-13-11/h3,6-7,9H,4-5,8H2,1-2H3,(H,13,14)(H,15,16). The van der Waals surface area contributed by atoms with Gasteiger partial charge in [0, 0.05) is 26.2 Å². The zero-order chi connectivity index (χ0) is 15.2. The summed E-state index contributed by atoms with van der Waals surface area (Å²) in [5.41, 5.74) is 0. The fraction of sp³-hybridized carbons (Fsp3) is 0.500. The molecule has 8 heteroatoms. The van der Waals surface area contributed by atoms with Crippen LogP contribution in [0.2, 0.25) is 0 Å². The van der Waals surface area contributed by atoms with Crippen molar-refractivity contribution in [2.45, 2.75) is 23.8 Å². The van der Waals surface area contributed by atoms with Crippen molar-refractivity contribution in [1.29, 1.82) is 0 Å². The first-order chi connectivity index (χ1) is 9.36. The number of ether oxygens (including phenoxy) is 1. The van der Waals surface area contributed by atoms with E-state index in [2.05, 4.69) is 10.3 Å². The Morgan fingerprint density at radius 3 is 2.80 bits per heavy atom. The van der Waals surface area contributed by atoms with Crippen LogP contribution in [-0.4, -0.2) is 50.5 Å². The van der Waals surface area contributed by atoms with Gasteiger partial charge in [0.1, 0.15) is 16.8 Å². The molecule has 1 rings (SSSR count). The molecule has 1 unspecified atom stereocenters. The van der Waals surface area contributed by atoms with E-state index in [0.29, 0.717) is 19.4 Å². The second-order valence-electron chi connectivity index (χ2n) is 4.29. The highest BCUT2D eigenvalue weighted by molar-refractivity contribution is 7.90. The van der Waals surface area contributed by atoms with Crippen LogP contribution < -0.4 is 5.32 Å². The summed E-state index contributed by atoms with van der Waals surface area (Å²) < 4.78 is 28.1. The van der Waals surface area contributed by atoms with Crippen molar-refractivity contribution >= 4 is 21.6 Å². The van der Waals surface area contributed by atoms with Crippen molar-refractivity contribution in [2.24, 2.45) is 0 Å². The van der Waals surface area contributed by atoms with Crippen molar-refractivity contribution in [3.8, 4) is 0 Å². The van der Waals surface area contributed by atoms with E-state index in [-0.39, 0.29) is 10.7 Å². The molecular formula is C12H18N2O5S. The molecule has 1 heterocycles. The second-order valence-corrected chi connectivity index (χ2v) is 6.28. The van der Waals surface area contributed by atoms with E-state index in [9.17, 15) is 13.2 Å². The molecule has 0 fully saturated rings. The highest BCUT2D eigenvalue weighted by Gasteiger charge is 2.21. The van der Waals surface area contributed by atoms with Gasteiger partial charge in [0.05, 0.1) is 0 Å². The molecule has 2 N–H and O–H groups in total. The summed E-state index contributed by atoms with van der Waals surface area (Å²) in [6.07, 6.45) is 3.31. The molecule has 1 atom stereocenters. The predicted octanol–water partition coefficient (Wildman–Crippen LogP) is 0.777. The van der Waals surface area contributed by atoms with Crippen molar-refractivity contribution in [2.75, 3.05) is 25.3 Å². The zero-order valence-corrected chi connectivity index (χ0v) is 12.2. The number of nitrogens with one attached hydrogen (secondary N) is 1. The molecule has 0 saturated carbocycles. The Kier molecular flexibility index (Phi) is 5.90. The quantitative estimate of drug-likeness (QED) is 0.683. The molecular weight excluding hydrogens is 284 g/mol. The molecule has 7 nitrogen and oxygen atoms in total. The molecule has 0 aliphatic heterocycles. The van der Waals surface area contributed by atoms with E-state index < -0.39 is 21.8 Å². The third kappa shape index (κ3) is 4.78. The number of anilines is 1. The van der Waals surface area contributed by atoms with Gasteiger partial charge in [-0.25, -0.2) is 18.2 Å². The lowest BCUT2D eigenvalue weighted by Gasteiger charge is -2.16. The van der Waals surface area contributed by atoms with Gasteiger partial charge in [-0.15, -0.1) is 0 Å². The number of aliphatic carboxylic acids is 1. The van der Waals surface area contributed by atoms with Gasteiger partial charge in [-0.1, -0.05) is 0 Å². The van der Waals surface area contributed by atoms with Crippen LogP contribution >= 0.6 is 0 Å². The number of aromatic nitrogens is 1. The number of hydrogen-bond donors (Lipinski definition) is 2. The lowest BCUT2D eigenvalue weighted by molar-refractivity contribution is -0.138. The number of sulfone groups is 1. The first-order valence-electron chi connectivity index (χ1n) is 5.99. The Balaban J connectivity index is 2.92. The van der Waals surface area contributed by atoms with Crippen LogP contribution in [0.4, 0.5) is 5.82 Å². The summed E-state index contributed by atoms with van der Waals surface area (Å²) >= 11 is 0. The lowest BCUT2D eigenvalue weighted by Crippen LogP contribution is -2.30. The van der Waals surface area contributed by atoms with E-state index in [4.69, 9.17) is 9.84 Å². The first-order valence-corrected chi connectivity index (χ1v) is 7.88. The maximum Gasteiger partial charge on any atom is 0.326 e. The second kappa shape index (κ2) is 7.20. The molecule has 1 aromatic rings. The smallest absolute Gasteiger partial charge is 0.326 e. The first kappa shape index (κ1) is 16.4. The monoisotopic (exact) mass is 302 g/mol. The lowest BCUT2D eigenvalue weighted by atomic mass is 10.1. The average molecular weight is 302 g/mol. The highest BCUT2D eigenvalue weighted by Crippen LogP contribution is 2.19. The highest BCUT2D eigenvalue weighted by atomic mass is 32.2. The average Bonchev–Trinajstić information content (AvgIpc) is 2.37. The fourth-order valence-electron chi connectivity index (χ4n) is 1.65. The summed E-state index contributed by atoms with van der Waals surface area (Å²) in [5.74, 6) is -1.01. The number of methoxy groups -OCH3 is 1. The number of nitrogens with zero attached hydrogens (tertiary/aromatic N) is 1. The third-order valence-corrected chi connectivity index (χ3v) is 3.75. The van der Waals surface area contributed by atoms with Gasteiger partial charge in [0.15, 0.2) is 9.84 Å². The topological polar surface area (TPSA) is 106 Å². The van der Waals surface area contributed by atoms with Crippen molar-refractivity contribution in [3.05, 3.63) is 18.3 Å². The van der Waals surface area contributed by atoms with Crippen molar-refractivity contribution < 1.29 is 23.1 Å². The number of pyridine rings is 1. The van der Waals surface area contributed by atoms with E-state index in [1.807, 2.05) is 0 Å². The molecule has 1 aromatic heterocycles. The Morgan fingerprint density at radius 2 is 2.25 bits per heavy atom. The summed E-state index contributed by atoms with van der Waals surface area (Å²) in [5, 5.41) is 11.8. The summed E-state index contributed by atoms with van der Waals surface area (Å²) in [4.78, 5) is 15.1. The van der Waals surface area contributed by atoms with Crippen molar-refractivity contribution in [1.82, 2.24) is 4.98 Å². The van der Waals surface area contributed by atoms with E-state index in [1.165, 1.54) is 25.4 Å². The van der Waals surface area contributed by atoms with Crippen LogP contribution in [0.25, 0.3) is 0 Å². The van der Waals surface area contributed by atoms with Gasteiger partial charge in [-0.3, -0.25) is 0 Å². The Hall–Kier alpha value is -1.67. The summed E-state index contributed by atoms with van der Waals surface area (Å²) in [6.45, 7) is 0.437. The molecule has 0 saturated heterocycles. The van der Waals surface area contributed by atoms with Crippen LogP contribution in [-0.2, 0) is 19.4 Å². The SMILES string of the molecule is COCCCC(Nc1ncccc1S(C)(=O)=O)C(=O)O. The normalized spacial score (nSPS) is 12.9.